The third kappa shape index (κ3) is 4.37. The quantitative estimate of drug-likeness (QED) is 0.771. The highest BCUT2D eigenvalue weighted by Gasteiger charge is 2.26. The van der Waals surface area contributed by atoms with Gasteiger partial charge in [-0.2, -0.15) is 0 Å². The summed E-state index contributed by atoms with van der Waals surface area (Å²) in [6.07, 6.45) is 0.185. The van der Waals surface area contributed by atoms with Gasteiger partial charge in [-0.05, 0) is 38.5 Å². The Morgan fingerprint density at radius 3 is 2.54 bits per heavy atom. The number of rotatable bonds is 4. The van der Waals surface area contributed by atoms with E-state index in [1.54, 1.807) is 23.1 Å². The molecular weight excluding hydrogens is 340 g/mol. The maximum Gasteiger partial charge on any atom is 0.254 e. The maximum absolute atomic E-state index is 12.6. The largest absolute Gasteiger partial charge is 0.372 e. The molecule has 1 aromatic heterocycles. The summed E-state index contributed by atoms with van der Waals surface area (Å²) < 4.78 is 6.78. The third-order valence-electron chi connectivity index (χ3n) is 3.87. The van der Waals surface area contributed by atoms with Gasteiger partial charge in [-0.3, -0.25) is 4.79 Å². The highest BCUT2D eigenvalue weighted by Crippen LogP contribution is 2.26. The number of aromatic nitrogens is 1. The number of aryl methyl sites for hydroxylation is 1. The molecule has 1 aromatic carbocycles. The number of benzene rings is 1. The minimum absolute atomic E-state index is 0.0896. The second kappa shape index (κ2) is 7.68. The first kappa shape index (κ1) is 17.5. The Balaban J connectivity index is 1.60. The molecule has 0 radical (unpaired) electrons. The zero-order valence-electron chi connectivity index (χ0n) is 14.2. The fourth-order valence-electron chi connectivity index (χ4n) is 2.81. The van der Waals surface area contributed by atoms with Crippen molar-refractivity contribution in [1.29, 1.82) is 0 Å². The molecule has 1 aliphatic heterocycles. The summed E-state index contributed by atoms with van der Waals surface area (Å²) >= 11 is 3.41. The fraction of sp³-hybridized carbons (Fsp3) is 0.444. The second-order valence-corrected chi connectivity index (χ2v) is 8.29. The van der Waals surface area contributed by atoms with Crippen molar-refractivity contribution in [1.82, 2.24) is 9.88 Å². The van der Waals surface area contributed by atoms with Crippen LogP contribution in [0.4, 0.5) is 0 Å². The number of carbonyl (C=O) groups excluding carboxylic acids is 1. The summed E-state index contributed by atoms with van der Waals surface area (Å²) in [5, 5.41) is 2.06. The van der Waals surface area contributed by atoms with Crippen LogP contribution in [0.15, 0.2) is 34.0 Å². The van der Waals surface area contributed by atoms with E-state index in [9.17, 15) is 4.79 Å². The van der Waals surface area contributed by atoms with Gasteiger partial charge in [-0.25, -0.2) is 4.98 Å². The van der Waals surface area contributed by atoms with Gasteiger partial charge in [0.05, 0.1) is 12.2 Å². The van der Waals surface area contributed by atoms with Crippen molar-refractivity contribution in [2.75, 3.05) is 13.1 Å². The molecule has 0 unspecified atom stereocenters. The lowest BCUT2D eigenvalue weighted by molar-refractivity contribution is -0.0586. The Kier molecular flexibility index (Phi) is 5.58. The highest BCUT2D eigenvalue weighted by molar-refractivity contribution is 8.00. The number of ether oxygens (including phenoxy) is 1. The van der Waals surface area contributed by atoms with E-state index in [0.29, 0.717) is 13.1 Å². The normalized spacial score (nSPS) is 21.0. The first-order valence-electron chi connectivity index (χ1n) is 8.10. The lowest BCUT2D eigenvalue weighted by atomic mass is 10.1. The van der Waals surface area contributed by atoms with Crippen LogP contribution in [0.3, 0.4) is 0 Å². The predicted molar refractivity (Wildman–Crippen MR) is 98.8 cm³/mol. The molecule has 2 atom stereocenters. The monoisotopic (exact) mass is 362 g/mol. The van der Waals surface area contributed by atoms with Gasteiger partial charge >= 0.3 is 0 Å². The zero-order valence-corrected chi connectivity index (χ0v) is 15.8. The Morgan fingerprint density at radius 1 is 1.29 bits per heavy atom. The van der Waals surface area contributed by atoms with Gasteiger partial charge < -0.3 is 9.64 Å². The molecule has 0 saturated carbocycles. The van der Waals surface area contributed by atoms with Crippen molar-refractivity contribution in [2.45, 2.75) is 43.1 Å². The summed E-state index contributed by atoms with van der Waals surface area (Å²) in [4.78, 5) is 19.0. The Bertz CT molecular complexity index is 689. The molecule has 1 amide bonds. The first-order valence-corrected chi connectivity index (χ1v) is 9.96. The predicted octanol–water partition coefficient (Wildman–Crippen LogP) is 3.99. The van der Waals surface area contributed by atoms with E-state index in [2.05, 4.69) is 10.4 Å². The number of hydrogen-bond donors (Lipinski definition) is 0. The van der Waals surface area contributed by atoms with Crippen molar-refractivity contribution in [2.24, 2.45) is 0 Å². The van der Waals surface area contributed by atoms with Crippen molar-refractivity contribution in [3.63, 3.8) is 0 Å². The SMILES string of the molecule is Cc1csc(SCc2ccc(C(=O)N3C[C@@H](C)O[C@@H](C)C3)cc2)n1. The first-order chi connectivity index (χ1) is 11.5. The number of thiazole rings is 1. The molecule has 6 heteroatoms. The molecule has 1 fully saturated rings. The maximum atomic E-state index is 12.6. The number of nitrogens with zero attached hydrogens (tertiary/aromatic N) is 2. The van der Waals surface area contributed by atoms with Crippen LogP contribution in [0.25, 0.3) is 0 Å². The van der Waals surface area contributed by atoms with Gasteiger partial charge in [0.1, 0.15) is 4.34 Å². The number of morpholine rings is 1. The van der Waals surface area contributed by atoms with Gasteiger partial charge in [0.25, 0.3) is 5.91 Å². The van der Waals surface area contributed by atoms with Crippen LogP contribution in [0.2, 0.25) is 0 Å². The molecule has 1 aliphatic rings. The van der Waals surface area contributed by atoms with Crippen molar-refractivity contribution in [3.8, 4) is 0 Å². The Labute approximate surface area is 151 Å². The molecule has 0 aliphatic carbocycles. The van der Waals surface area contributed by atoms with E-state index in [4.69, 9.17) is 4.74 Å². The number of carbonyl (C=O) groups is 1. The van der Waals surface area contributed by atoms with E-state index in [-0.39, 0.29) is 18.1 Å². The minimum Gasteiger partial charge on any atom is -0.372 e. The van der Waals surface area contributed by atoms with Crippen LogP contribution in [-0.2, 0) is 10.5 Å². The molecule has 2 aromatic rings. The van der Waals surface area contributed by atoms with Gasteiger partial charge in [-0.15, -0.1) is 11.3 Å². The van der Waals surface area contributed by atoms with Crippen LogP contribution in [-0.4, -0.2) is 41.1 Å². The molecule has 0 spiro atoms. The van der Waals surface area contributed by atoms with E-state index < -0.39 is 0 Å². The van der Waals surface area contributed by atoms with Gasteiger partial charge in [0.2, 0.25) is 0 Å². The zero-order chi connectivity index (χ0) is 17.1. The molecule has 3 rings (SSSR count). The van der Waals surface area contributed by atoms with E-state index in [1.807, 2.05) is 49.9 Å². The van der Waals surface area contributed by atoms with Gasteiger partial charge in [0, 0.05) is 35.5 Å². The molecule has 128 valence electrons. The van der Waals surface area contributed by atoms with E-state index >= 15 is 0 Å². The standard InChI is InChI=1S/C18H22N2O2S2/c1-12-10-23-18(19-12)24-11-15-4-6-16(7-5-15)17(21)20-8-13(2)22-14(3)9-20/h4-7,10,13-14H,8-9,11H2,1-3H3/t13-,14+. The van der Waals surface area contributed by atoms with Crippen molar-refractivity contribution in [3.05, 3.63) is 46.5 Å². The summed E-state index contributed by atoms with van der Waals surface area (Å²) in [5.41, 5.74) is 3.01. The van der Waals surface area contributed by atoms with Crippen molar-refractivity contribution < 1.29 is 9.53 Å². The average Bonchev–Trinajstić information content (AvgIpc) is 2.97. The number of thioether (sulfide) groups is 1. The van der Waals surface area contributed by atoms with E-state index in [0.717, 1.165) is 21.3 Å². The summed E-state index contributed by atoms with van der Waals surface area (Å²) in [6, 6.07) is 7.92. The Hall–Kier alpha value is -1.37. The van der Waals surface area contributed by atoms with Crippen LogP contribution in [0, 0.1) is 6.92 Å². The minimum atomic E-state index is 0.0896. The van der Waals surface area contributed by atoms with Crippen LogP contribution < -0.4 is 0 Å². The summed E-state index contributed by atoms with van der Waals surface area (Å²) in [5.74, 6) is 0.958. The molecule has 0 bridgehead atoms. The summed E-state index contributed by atoms with van der Waals surface area (Å²) in [6.45, 7) is 7.34. The van der Waals surface area contributed by atoms with Gasteiger partial charge in [0.15, 0.2) is 0 Å². The molecular formula is C18H22N2O2S2. The molecule has 24 heavy (non-hydrogen) atoms. The smallest absolute Gasteiger partial charge is 0.254 e. The van der Waals surface area contributed by atoms with E-state index in [1.165, 1.54) is 5.56 Å². The molecule has 0 N–H and O–H groups in total. The summed E-state index contributed by atoms with van der Waals surface area (Å²) in [7, 11) is 0. The average molecular weight is 363 g/mol. The molecule has 4 nitrogen and oxygen atoms in total. The Morgan fingerprint density at radius 2 is 1.96 bits per heavy atom. The van der Waals surface area contributed by atoms with Gasteiger partial charge in [-0.1, -0.05) is 23.9 Å². The second-order valence-electron chi connectivity index (χ2n) is 6.21. The molecule has 2 heterocycles. The fourth-order valence-corrected chi connectivity index (χ4v) is 4.62. The lowest BCUT2D eigenvalue weighted by Gasteiger charge is -2.35. The topological polar surface area (TPSA) is 42.4 Å². The molecule has 1 saturated heterocycles. The highest BCUT2D eigenvalue weighted by atomic mass is 32.2. The van der Waals surface area contributed by atoms with Crippen molar-refractivity contribution >= 4 is 29.0 Å². The number of amides is 1. The van der Waals surface area contributed by atoms with Crippen LogP contribution >= 0.6 is 23.1 Å². The van der Waals surface area contributed by atoms with Crippen LogP contribution in [0.1, 0.15) is 35.5 Å². The lowest BCUT2D eigenvalue weighted by Crippen LogP contribution is -2.48. The number of hydrogen-bond acceptors (Lipinski definition) is 5. The van der Waals surface area contributed by atoms with Crippen LogP contribution in [0.5, 0.6) is 0 Å². The third-order valence-corrected chi connectivity index (χ3v) is 6.08.